The molecule has 0 saturated heterocycles. The largest absolute Gasteiger partial charge is 0.467 e. The summed E-state index contributed by atoms with van der Waals surface area (Å²) in [6.07, 6.45) is 0.322. The van der Waals surface area contributed by atoms with Gasteiger partial charge in [0.2, 0.25) is 0 Å². The molecule has 0 spiro atoms. The van der Waals surface area contributed by atoms with E-state index in [4.69, 9.17) is 5.11 Å². The molecule has 1 heterocycles. The van der Waals surface area contributed by atoms with E-state index in [1.54, 1.807) is 6.07 Å². The van der Waals surface area contributed by atoms with Crippen LogP contribution >= 0.6 is 0 Å². The van der Waals surface area contributed by atoms with Gasteiger partial charge in [0, 0.05) is 12.5 Å². The van der Waals surface area contributed by atoms with E-state index >= 15 is 0 Å². The summed E-state index contributed by atoms with van der Waals surface area (Å²) in [6, 6.07) is 1.58. The Kier molecular flexibility index (Phi) is 2.82. The van der Waals surface area contributed by atoms with Crippen molar-refractivity contribution in [2.24, 2.45) is 0 Å². The van der Waals surface area contributed by atoms with Gasteiger partial charge in [-0.3, -0.25) is 0 Å². The van der Waals surface area contributed by atoms with Crippen molar-refractivity contribution in [3.8, 4) is 0 Å². The van der Waals surface area contributed by atoms with E-state index in [0.29, 0.717) is 5.69 Å². The smallest absolute Gasteiger partial charge is 0.335 e. The summed E-state index contributed by atoms with van der Waals surface area (Å²) >= 11 is 0. The molecule has 1 rings (SSSR count). The maximum Gasteiger partial charge on any atom is 0.335 e. The maximum absolute atomic E-state index is 10.7. The number of aromatic nitrogens is 1. The third-order valence-electron chi connectivity index (χ3n) is 1.37. The zero-order valence-corrected chi connectivity index (χ0v) is 6.56. The molecule has 1 N–H and O–H groups in total. The van der Waals surface area contributed by atoms with Crippen LogP contribution in [-0.2, 0) is 16.0 Å². The number of esters is 1. The van der Waals surface area contributed by atoms with Crippen LogP contribution in [0.1, 0.15) is 5.69 Å². The zero-order chi connectivity index (χ0) is 8.97. The standard InChI is InChI=1S/C7H9NO4/c1-11-7(10)6(9)4-5-2-3-12-8-5/h2-3,6,9H,4H2,1H3. The fourth-order valence-electron chi connectivity index (χ4n) is 0.760. The number of carbonyl (C=O) groups is 1. The van der Waals surface area contributed by atoms with Crippen LogP contribution in [0, 0.1) is 0 Å². The number of nitrogens with zero attached hydrogens (tertiary/aromatic N) is 1. The molecule has 0 radical (unpaired) electrons. The first kappa shape index (κ1) is 8.73. The van der Waals surface area contributed by atoms with Crippen molar-refractivity contribution in [2.45, 2.75) is 12.5 Å². The van der Waals surface area contributed by atoms with Crippen LogP contribution in [0.4, 0.5) is 0 Å². The van der Waals surface area contributed by atoms with Crippen molar-refractivity contribution in [2.75, 3.05) is 7.11 Å². The van der Waals surface area contributed by atoms with Crippen LogP contribution in [0.2, 0.25) is 0 Å². The Morgan fingerprint density at radius 2 is 2.67 bits per heavy atom. The topological polar surface area (TPSA) is 72.6 Å². The number of methoxy groups -OCH3 is 1. The van der Waals surface area contributed by atoms with Crippen molar-refractivity contribution < 1.29 is 19.2 Å². The normalized spacial score (nSPS) is 12.5. The molecule has 0 fully saturated rings. The van der Waals surface area contributed by atoms with Crippen molar-refractivity contribution in [1.29, 1.82) is 0 Å². The van der Waals surface area contributed by atoms with Crippen molar-refractivity contribution in [3.63, 3.8) is 0 Å². The number of hydrogen-bond donors (Lipinski definition) is 1. The minimum absolute atomic E-state index is 0.114. The van der Waals surface area contributed by atoms with Crippen LogP contribution in [0.25, 0.3) is 0 Å². The van der Waals surface area contributed by atoms with Gasteiger partial charge in [-0.05, 0) is 0 Å². The molecule has 1 aromatic rings. The van der Waals surface area contributed by atoms with E-state index in [2.05, 4.69) is 14.4 Å². The van der Waals surface area contributed by atoms with Crippen LogP contribution in [0.15, 0.2) is 16.9 Å². The second-order valence-electron chi connectivity index (χ2n) is 2.23. The predicted molar refractivity (Wildman–Crippen MR) is 38.2 cm³/mol. The summed E-state index contributed by atoms with van der Waals surface area (Å²) in [5, 5.41) is 12.7. The van der Waals surface area contributed by atoms with Gasteiger partial charge in [-0.1, -0.05) is 5.16 Å². The van der Waals surface area contributed by atoms with E-state index in [1.807, 2.05) is 0 Å². The highest BCUT2D eigenvalue weighted by Crippen LogP contribution is 2.00. The molecule has 0 saturated carbocycles. The zero-order valence-electron chi connectivity index (χ0n) is 6.56. The SMILES string of the molecule is COC(=O)C(O)Cc1ccon1. The third kappa shape index (κ3) is 2.06. The second-order valence-corrected chi connectivity index (χ2v) is 2.23. The van der Waals surface area contributed by atoms with Crippen molar-refractivity contribution in [3.05, 3.63) is 18.0 Å². The Labute approximate surface area is 68.9 Å². The first-order valence-corrected chi connectivity index (χ1v) is 3.39. The molecule has 0 aliphatic carbocycles. The highest BCUT2D eigenvalue weighted by Gasteiger charge is 2.16. The number of rotatable bonds is 3. The third-order valence-corrected chi connectivity index (χ3v) is 1.37. The monoisotopic (exact) mass is 171 g/mol. The molecule has 1 aromatic heterocycles. The van der Waals surface area contributed by atoms with Crippen molar-refractivity contribution >= 4 is 5.97 Å². The number of aliphatic hydroxyl groups excluding tert-OH is 1. The summed E-state index contributed by atoms with van der Waals surface area (Å²) in [5.41, 5.74) is 0.521. The van der Waals surface area contributed by atoms with Crippen LogP contribution in [0.5, 0.6) is 0 Å². The molecule has 5 nitrogen and oxygen atoms in total. The Balaban J connectivity index is 2.47. The van der Waals surface area contributed by atoms with E-state index in [9.17, 15) is 4.79 Å². The Morgan fingerprint density at radius 1 is 1.92 bits per heavy atom. The minimum atomic E-state index is -1.17. The molecular formula is C7H9NO4. The first-order valence-electron chi connectivity index (χ1n) is 3.39. The fourth-order valence-corrected chi connectivity index (χ4v) is 0.760. The van der Waals surface area contributed by atoms with Crippen LogP contribution in [-0.4, -0.2) is 29.4 Å². The summed E-state index contributed by atoms with van der Waals surface area (Å²) in [7, 11) is 1.22. The van der Waals surface area contributed by atoms with Gasteiger partial charge in [-0.15, -0.1) is 0 Å². The molecule has 1 atom stereocenters. The van der Waals surface area contributed by atoms with Gasteiger partial charge >= 0.3 is 5.97 Å². The first-order chi connectivity index (χ1) is 5.74. The molecule has 5 heteroatoms. The van der Waals surface area contributed by atoms with Crippen LogP contribution in [0.3, 0.4) is 0 Å². The molecule has 0 aromatic carbocycles. The molecule has 12 heavy (non-hydrogen) atoms. The number of hydrogen-bond acceptors (Lipinski definition) is 5. The fraction of sp³-hybridized carbons (Fsp3) is 0.429. The van der Waals surface area contributed by atoms with Crippen LogP contribution < -0.4 is 0 Å². The average molecular weight is 171 g/mol. The number of ether oxygens (including phenoxy) is 1. The predicted octanol–water partition coefficient (Wildman–Crippen LogP) is -0.249. The lowest BCUT2D eigenvalue weighted by molar-refractivity contribution is -0.150. The second kappa shape index (κ2) is 3.87. The highest BCUT2D eigenvalue weighted by molar-refractivity contribution is 5.74. The lowest BCUT2D eigenvalue weighted by Crippen LogP contribution is -2.24. The van der Waals surface area contributed by atoms with Gasteiger partial charge in [-0.2, -0.15) is 0 Å². The van der Waals surface area contributed by atoms with Gasteiger partial charge in [0.05, 0.1) is 12.8 Å². The molecule has 0 amide bonds. The van der Waals surface area contributed by atoms with E-state index in [-0.39, 0.29) is 6.42 Å². The Hall–Kier alpha value is -1.36. The Morgan fingerprint density at radius 3 is 3.17 bits per heavy atom. The van der Waals surface area contributed by atoms with Crippen molar-refractivity contribution in [1.82, 2.24) is 5.16 Å². The molecule has 66 valence electrons. The molecular weight excluding hydrogens is 162 g/mol. The maximum atomic E-state index is 10.7. The minimum Gasteiger partial charge on any atom is -0.467 e. The molecule has 0 bridgehead atoms. The lowest BCUT2D eigenvalue weighted by atomic mass is 10.2. The van der Waals surface area contributed by atoms with E-state index in [1.165, 1.54) is 13.4 Å². The van der Waals surface area contributed by atoms with Gasteiger partial charge in [0.25, 0.3) is 0 Å². The summed E-state index contributed by atoms with van der Waals surface area (Å²) in [4.78, 5) is 10.7. The van der Waals surface area contributed by atoms with E-state index in [0.717, 1.165) is 0 Å². The Bertz CT molecular complexity index is 244. The van der Waals surface area contributed by atoms with Gasteiger partial charge in [-0.25, -0.2) is 4.79 Å². The molecule has 0 aliphatic heterocycles. The number of aliphatic hydroxyl groups is 1. The van der Waals surface area contributed by atoms with Gasteiger partial charge in [0.1, 0.15) is 6.26 Å². The average Bonchev–Trinajstić information content (AvgIpc) is 2.55. The summed E-state index contributed by atoms with van der Waals surface area (Å²) in [6.45, 7) is 0. The van der Waals surface area contributed by atoms with Gasteiger partial charge < -0.3 is 14.4 Å². The lowest BCUT2D eigenvalue weighted by Gasteiger charge is -2.04. The summed E-state index contributed by atoms with van der Waals surface area (Å²) in [5.74, 6) is -0.669. The van der Waals surface area contributed by atoms with Gasteiger partial charge in [0.15, 0.2) is 6.10 Å². The molecule has 1 unspecified atom stereocenters. The quantitative estimate of drug-likeness (QED) is 0.635. The molecule has 0 aliphatic rings. The summed E-state index contributed by atoms with van der Waals surface area (Å²) < 4.78 is 8.83. The number of carbonyl (C=O) groups excluding carboxylic acids is 1. The highest BCUT2D eigenvalue weighted by atomic mass is 16.5. The van der Waals surface area contributed by atoms with E-state index < -0.39 is 12.1 Å².